The first kappa shape index (κ1) is 14.4. The number of β-amino-alcohol motifs (C(OH)–C–C–N with tert-alkyl or cyclic N) is 1. The minimum absolute atomic E-state index is 0.273. The molecule has 0 saturated carbocycles. The molecule has 5 nitrogen and oxygen atoms in total. The number of esters is 1. The van der Waals surface area contributed by atoms with Crippen molar-refractivity contribution < 1.29 is 19.4 Å². The maximum absolute atomic E-state index is 11.5. The lowest BCUT2D eigenvalue weighted by molar-refractivity contribution is -0.146. The maximum atomic E-state index is 11.5. The van der Waals surface area contributed by atoms with Crippen LogP contribution in [0, 0.1) is 5.92 Å². The smallest absolute Gasteiger partial charge is 0.323 e. The summed E-state index contributed by atoms with van der Waals surface area (Å²) >= 11 is 0. The van der Waals surface area contributed by atoms with E-state index < -0.39 is 6.10 Å². The largest absolute Gasteiger partial charge is 0.468 e. The molecule has 1 aliphatic heterocycles. The van der Waals surface area contributed by atoms with E-state index in [9.17, 15) is 9.90 Å². The normalized spacial score (nSPS) is 25.5. The number of carbonyl (C=O) groups excluding carboxylic acids is 1. The van der Waals surface area contributed by atoms with Gasteiger partial charge in [0.2, 0.25) is 0 Å². The van der Waals surface area contributed by atoms with Crippen LogP contribution in [0.3, 0.4) is 0 Å². The molecule has 0 aromatic rings. The predicted molar refractivity (Wildman–Crippen MR) is 63.7 cm³/mol. The second-order valence-corrected chi connectivity index (χ2v) is 4.89. The lowest BCUT2D eigenvalue weighted by Gasteiger charge is -2.21. The minimum Gasteiger partial charge on any atom is -0.468 e. The first-order valence-corrected chi connectivity index (χ1v) is 6.12. The summed E-state index contributed by atoms with van der Waals surface area (Å²) in [6.07, 6.45) is 0.0147. The molecule has 1 aliphatic rings. The number of hydrogen-bond acceptors (Lipinski definition) is 5. The Morgan fingerprint density at radius 1 is 1.53 bits per heavy atom. The molecule has 0 spiro atoms. The monoisotopic (exact) mass is 245 g/mol. The van der Waals surface area contributed by atoms with Crippen molar-refractivity contribution in [2.75, 3.05) is 33.4 Å². The van der Waals surface area contributed by atoms with Crippen LogP contribution < -0.4 is 0 Å². The first-order chi connectivity index (χ1) is 8.04. The highest BCUT2D eigenvalue weighted by atomic mass is 16.5. The molecule has 1 fully saturated rings. The molecule has 1 rings (SSSR count). The third-order valence-corrected chi connectivity index (χ3v) is 2.83. The molecule has 100 valence electrons. The van der Waals surface area contributed by atoms with Crippen LogP contribution in [0.15, 0.2) is 0 Å². The highest BCUT2D eigenvalue weighted by Crippen LogP contribution is 2.18. The zero-order valence-electron chi connectivity index (χ0n) is 10.9. The van der Waals surface area contributed by atoms with Crippen LogP contribution in [-0.2, 0) is 14.3 Å². The summed E-state index contributed by atoms with van der Waals surface area (Å²) in [6.45, 7) is 6.67. The van der Waals surface area contributed by atoms with Gasteiger partial charge in [-0.15, -0.1) is 0 Å². The Balaban J connectivity index is 2.32. The molecule has 0 aromatic carbocycles. The molecule has 0 amide bonds. The standard InChI is InChI=1S/C12H23NO4/c1-9(2)8-17-5-4-13-7-10(14)6-11(13)12(15)16-3/h9-11,14H,4-8H2,1-3H3. The van der Waals surface area contributed by atoms with E-state index in [1.165, 1.54) is 7.11 Å². The number of likely N-dealkylation sites (tertiary alicyclic amines) is 1. The fourth-order valence-corrected chi connectivity index (χ4v) is 2.01. The fourth-order valence-electron chi connectivity index (χ4n) is 2.01. The Bertz CT molecular complexity index is 245. The van der Waals surface area contributed by atoms with Crippen molar-refractivity contribution in [1.82, 2.24) is 4.90 Å². The molecule has 2 atom stereocenters. The molecular formula is C12H23NO4. The molecule has 0 bridgehead atoms. The van der Waals surface area contributed by atoms with Gasteiger partial charge in [0.05, 0.1) is 19.8 Å². The maximum Gasteiger partial charge on any atom is 0.323 e. The number of rotatable bonds is 6. The van der Waals surface area contributed by atoms with Crippen LogP contribution in [0.4, 0.5) is 0 Å². The molecule has 2 unspecified atom stereocenters. The van der Waals surface area contributed by atoms with Gasteiger partial charge >= 0.3 is 5.97 Å². The van der Waals surface area contributed by atoms with E-state index in [1.807, 2.05) is 4.90 Å². The van der Waals surface area contributed by atoms with E-state index in [0.29, 0.717) is 32.0 Å². The number of methoxy groups -OCH3 is 1. The molecule has 17 heavy (non-hydrogen) atoms. The van der Waals surface area contributed by atoms with Gasteiger partial charge in [0, 0.05) is 26.1 Å². The first-order valence-electron chi connectivity index (χ1n) is 6.12. The summed E-state index contributed by atoms with van der Waals surface area (Å²) in [6, 6.07) is -0.322. The number of nitrogens with zero attached hydrogens (tertiary/aromatic N) is 1. The summed E-state index contributed by atoms with van der Waals surface area (Å²) in [5, 5.41) is 9.57. The summed E-state index contributed by atoms with van der Waals surface area (Å²) in [5.74, 6) is 0.237. The zero-order chi connectivity index (χ0) is 12.8. The van der Waals surface area contributed by atoms with Crippen LogP contribution >= 0.6 is 0 Å². The van der Waals surface area contributed by atoms with Crippen molar-refractivity contribution in [3.8, 4) is 0 Å². The molecule has 0 aromatic heterocycles. The van der Waals surface area contributed by atoms with Crippen LogP contribution in [0.5, 0.6) is 0 Å². The third kappa shape index (κ3) is 4.61. The van der Waals surface area contributed by atoms with Crippen molar-refractivity contribution in [3.63, 3.8) is 0 Å². The van der Waals surface area contributed by atoms with Crippen LogP contribution in [-0.4, -0.2) is 61.5 Å². The van der Waals surface area contributed by atoms with Crippen molar-refractivity contribution in [2.24, 2.45) is 5.92 Å². The van der Waals surface area contributed by atoms with Crippen LogP contribution in [0.25, 0.3) is 0 Å². The molecular weight excluding hydrogens is 222 g/mol. The van der Waals surface area contributed by atoms with E-state index in [-0.39, 0.29) is 12.0 Å². The van der Waals surface area contributed by atoms with Crippen molar-refractivity contribution >= 4 is 5.97 Å². The van der Waals surface area contributed by atoms with Gasteiger partial charge in [-0.1, -0.05) is 13.8 Å². The highest BCUT2D eigenvalue weighted by molar-refractivity contribution is 5.76. The molecule has 5 heteroatoms. The van der Waals surface area contributed by atoms with Crippen molar-refractivity contribution in [2.45, 2.75) is 32.4 Å². The lowest BCUT2D eigenvalue weighted by Crippen LogP contribution is -2.39. The van der Waals surface area contributed by atoms with Gasteiger partial charge in [-0.05, 0) is 5.92 Å². The van der Waals surface area contributed by atoms with Gasteiger partial charge < -0.3 is 14.6 Å². The van der Waals surface area contributed by atoms with E-state index in [0.717, 1.165) is 6.61 Å². The Morgan fingerprint density at radius 2 is 2.24 bits per heavy atom. The number of aliphatic hydroxyl groups excluding tert-OH is 1. The SMILES string of the molecule is COC(=O)C1CC(O)CN1CCOCC(C)C. The number of hydrogen-bond donors (Lipinski definition) is 1. The van der Waals surface area contributed by atoms with Crippen molar-refractivity contribution in [3.05, 3.63) is 0 Å². The fraction of sp³-hybridized carbons (Fsp3) is 0.917. The van der Waals surface area contributed by atoms with E-state index in [1.54, 1.807) is 0 Å². The Labute approximate surface area is 103 Å². The minimum atomic E-state index is -0.441. The Kier molecular flexibility index (Phi) is 5.88. The second-order valence-electron chi connectivity index (χ2n) is 4.89. The average molecular weight is 245 g/mol. The molecule has 1 N–H and O–H groups in total. The van der Waals surface area contributed by atoms with Gasteiger partial charge in [-0.2, -0.15) is 0 Å². The number of ether oxygens (including phenoxy) is 2. The topological polar surface area (TPSA) is 59.0 Å². The highest BCUT2D eigenvalue weighted by Gasteiger charge is 2.36. The van der Waals surface area contributed by atoms with E-state index >= 15 is 0 Å². The van der Waals surface area contributed by atoms with Crippen LogP contribution in [0.2, 0.25) is 0 Å². The number of carbonyl (C=O) groups is 1. The molecule has 0 aliphatic carbocycles. The van der Waals surface area contributed by atoms with Gasteiger partial charge in [-0.3, -0.25) is 9.69 Å². The zero-order valence-corrected chi connectivity index (χ0v) is 10.9. The van der Waals surface area contributed by atoms with Gasteiger partial charge in [0.15, 0.2) is 0 Å². The van der Waals surface area contributed by atoms with E-state index in [4.69, 9.17) is 9.47 Å². The van der Waals surface area contributed by atoms with Gasteiger partial charge in [0.1, 0.15) is 6.04 Å². The average Bonchev–Trinajstić information content (AvgIpc) is 2.64. The summed E-state index contributed by atoms with van der Waals surface area (Å²) in [5.41, 5.74) is 0. The van der Waals surface area contributed by atoms with Crippen molar-refractivity contribution in [1.29, 1.82) is 0 Å². The lowest BCUT2D eigenvalue weighted by atomic mass is 10.2. The molecule has 0 radical (unpaired) electrons. The summed E-state index contributed by atoms with van der Waals surface area (Å²) in [7, 11) is 1.38. The molecule has 1 heterocycles. The van der Waals surface area contributed by atoms with E-state index in [2.05, 4.69) is 13.8 Å². The van der Waals surface area contributed by atoms with Gasteiger partial charge in [0.25, 0.3) is 0 Å². The summed E-state index contributed by atoms with van der Waals surface area (Å²) < 4.78 is 10.2. The predicted octanol–water partition coefficient (Wildman–Crippen LogP) is 0.267. The van der Waals surface area contributed by atoms with Gasteiger partial charge in [-0.25, -0.2) is 0 Å². The van der Waals surface area contributed by atoms with Crippen LogP contribution in [0.1, 0.15) is 20.3 Å². The Morgan fingerprint density at radius 3 is 2.82 bits per heavy atom. The third-order valence-electron chi connectivity index (χ3n) is 2.83. The summed E-state index contributed by atoms with van der Waals surface area (Å²) in [4.78, 5) is 13.4. The quantitative estimate of drug-likeness (QED) is 0.537. The molecule has 1 saturated heterocycles. The second kappa shape index (κ2) is 6.93. The Hall–Kier alpha value is -0.650. The number of aliphatic hydroxyl groups is 1.